The minimum Gasteiger partial charge on any atom is -0.385 e. The molecule has 1 unspecified atom stereocenters. The van der Waals surface area contributed by atoms with Crippen molar-refractivity contribution < 1.29 is 10.0 Å². The number of rotatable bonds is 4. The molecule has 128 valence electrons. The number of imidazole rings is 1. The Bertz CT molecular complexity index is 741. The van der Waals surface area contributed by atoms with Crippen LogP contribution in [-0.2, 0) is 7.05 Å². The molecule has 24 heavy (non-hydrogen) atoms. The number of anilines is 1. The molecular formula is C16H19IN4O3. The summed E-state index contributed by atoms with van der Waals surface area (Å²) in [6, 6.07) is 5.30. The molecule has 8 heteroatoms. The van der Waals surface area contributed by atoms with Gasteiger partial charge < -0.3 is 14.6 Å². The van der Waals surface area contributed by atoms with E-state index in [2.05, 4.69) is 27.6 Å². The van der Waals surface area contributed by atoms with Gasteiger partial charge in [-0.25, -0.2) is 4.98 Å². The van der Waals surface area contributed by atoms with Crippen LogP contribution in [0, 0.1) is 19.6 Å². The van der Waals surface area contributed by atoms with Crippen molar-refractivity contribution in [2.24, 2.45) is 13.0 Å². The number of nitro benzene ring substituents is 1. The van der Waals surface area contributed by atoms with Gasteiger partial charge in [0.2, 0.25) is 0 Å². The largest absolute Gasteiger partial charge is 0.385 e. The number of aromatic nitrogens is 2. The molecule has 1 saturated heterocycles. The van der Waals surface area contributed by atoms with Crippen molar-refractivity contribution >= 4 is 34.0 Å². The molecule has 0 saturated carbocycles. The third-order valence-electron chi connectivity index (χ3n) is 4.58. The summed E-state index contributed by atoms with van der Waals surface area (Å²) < 4.78 is 2.68. The highest BCUT2D eigenvalue weighted by Crippen LogP contribution is 2.35. The lowest BCUT2D eigenvalue weighted by Crippen LogP contribution is -2.36. The fourth-order valence-electron chi connectivity index (χ4n) is 3.24. The molecule has 0 spiro atoms. The van der Waals surface area contributed by atoms with Crippen LogP contribution in [-0.4, -0.2) is 32.7 Å². The van der Waals surface area contributed by atoms with Gasteiger partial charge in [-0.05, 0) is 53.5 Å². The summed E-state index contributed by atoms with van der Waals surface area (Å²) in [5.74, 6) is 0.791. The van der Waals surface area contributed by atoms with Gasteiger partial charge in [-0.1, -0.05) is 0 Å². The number of piperidine rings is 1. The average molecular weight is 442 g/mol. The number of aryl methyl sites for hydroxylation is 1. The molecule has 1 atom stereocenters. The predicted molar refractivity (Wildman–Crippen MR) is 98.9 cm³/mol. The summed E-state index contributed by atoms with van der Waals surface area (Å²) in [7, 11) is 1.87. The number of nitrogens with zero attached hydrogens (tertiary/aromatic N) is 4. The minimum atomic E-state index is -0.598. The lowest BCUT2D eigenvalue weighted by Gasteiger charge is -2.35. The average Bonchev–Trinajstić information content (AvgIpc) is 3.00. The topological polar surface area (TPSA) is 84.4 Å². The van der Waals surface area contributed by atoms with E-state index >= 15 is 0 Å². The SMILES string of the molecule is Cn1ccnc1C(O)C1CCN(c2ccc(I)cc2[N+](=O)[O-])CC1. The zero-order chi connectivity index (χ0) is 17.3. The van der Waals surface area contributed by atoms with Crippen molar-refractivity contribution in [3.05, 3.63) is 50.1 Å². The van der Waals surface area contributed by atoms with Crippen LogP contribution in [0.15, 0.2) is 30.6 Å². The van der Waals surface area contributed by atoms with Crippen LogP contribution in [0.2, 0.25) is 0 Å². The minimum absolute atomic E-state index is 0.116. The fraction of sp³-hybridized carbons (Fsp3) is 0.438. The van der Waals surface area contributed by atoms with E-state index in [1.54, 1.807) is 12.3 Å². The van der Waals surface area contributed by atoms with E-state index in [1.165, 1.54) is 0 Å². The number of benzene rings is 1. The summed E-state index contributed by atoms with van der Waals surface area (Å²) in [4.78, 5) is 17.2. The molecule has 1 N–H and O–H groups in total. The summed E-state index contributed by atoms with van der Waals surface area (Å²) in [5, 5.41) is 21.8. The van der Waals surface area contributed by atoms with Gasteiger partial charge in [-0.15, -0.1) is 0 Å². The highest BCUT2D eigenvalue weighted by Gasteiger charge is 2.30. The van der Waals surface area contributed by atoms with Crippen LogP contribution in [0.3, 0.4) is 0 Å². The number of hydrogen-bond acceptors (Lipinski definition) is 5. The summed E-state index contributed by atoms with van der Waals surface area (Å²) in [6.45, 7) is 1.38. The van der Waals surface area contributed by atoms with E-state index in [1.807, 2.05) is 34.8 Å². The lowest BCUT2D eigenvalue weighted by molar-refractivity contribution is -0.384. The predicted octanol–water partition coefficient (Wildman–Crippen LogP) is 2.88. The number of aliphatic hydroxyl groups is 1. The van der Waals surface area contributed by atoms with Gasteiger partial charge in [0.1, 0.15) is 17.6 Å². The van der Waals surface area contributed by atoms with E-state index in [0.717, 1.165) is 16.4 Å². The molecule has 7 nitrogen and oxygen atoms in total. The standard InChI is InChI=1S/C16H19IN4O3/c1-19-9-6-18-16(19)15(22)11-4-7-20(8-5-11)13-3-2-12(17)10-14(13)21(23)24/h2-3,6,9-11,15,22H,4-5,7-8H2,1H3. The van der Waals surface area contributed by atoms with Gasteiger partial charge in [0.25, 0.3) is 5.69 Å². The Morgan fingerprint density at radius 2 is 2.12 bits per heavy atom. The maximum absolute atomic E-state index is 11.3. The van der Waals surface area contributed by atoms with Gasteiger partial charge in [-0.2, -0.15) is 0 Å². The third kappa shape index (κ3) is 3.39. The van der Waals surface area contributed by atoms with Crippen LogP contribution in [0.5, 0.6) is 0 Å². The second-order valence-electron chi connectivity index (χ2n) is 6.06. The van der Waals surface area contributed by atoms with Crippen molar-refractivity contribution in [1.82, 2.24) is 9.55 Å². The summed E-state index contributed by atoms with van der Waals surface area (Å²) in [6.07, 6.45) is 4.46. The summed E-state index contributed by atoms with van der Waals surface area (Å²) in [5.41, 5.74) is 0.801. The van der Waals surface area contributed by atoms with Crippen molar-refractivity contribution in [2.45, 2.75) is 18.9 Å². The van der Waals surface area contributed by atoms with Crippen molar-refractivity contribution in [2.75, 3.05) is 18.0 Å². The van der Waals surface area contributed by atoms with Crippen molar-refractivity contribution in [3.8, 4) is 0 Å². The van der Waals surface area contributed by atoms with E-state index in [-0.39, 0.29) is 16.5 Å². The molecule has 0 radical (unpaired) electrons. The Balaban J connectivity index is 1.72. The molecule has 2 heterocycles. The van der Waals surface area contributed by atoms with Gasteiger partial charge in [-0.3, -0.25) is 10.1 Å². The maximum Gasteiger partial charge on any atom is 0.293 e. The molecule has 1 aromatic carbocycles. The van der Waals surface area contributed by atoms with Gasteiger partial charge in [0.05, 0.1) is 4.92 Å². The zero-order valence-corrected chi connectivity index (χ0v) is 15.5. The molecule has 0 bridgehead atoms. The van der Waals surface area contributed by atoms with Crippen LogP contribution in [0.25, 0.3) is 0 Å². The third-order valence-corrected chi connectivity index (χ3v) is 5.25. The smallest absolute Gasteiger partial charge is 0.293 e. The van der Waals surface area contributed by atoms with Crippen LogP contribution in [0.4, 0.5) is 11.4 Å². The number of nitro groups is 1. The Labute approximate surface area is 153 Å². The van der Waals surface area contributed by atoms with E-state index < -0.39 is 6.10 Å². The first-order valence-electron chi connectivity index (χ1n) is 7.81. The molecule has 1 aliphatic heterocycles. The monoisotopic (exact) mass is 442 g/mol. The van der Waals surface area contributed by atoms with Crippen LogP contribution in [0.1, 0.15) is 24.8 Å². The van der Waals surface area contributed by atoms with E-state index in [9.17, 15) is 15.2 Å². The quantitative estimate of drug-likeness (QED) is 0.447. The normalized spacial score (nSPS) is 17.0. The Morgan fingerprint density at radius 3 is 2.71 bits per heavy atom. The van der Waals surface area contributed by atoms with Crippen LogP contribution < -0.4 is 4.90 Å². The van der Waals surface area contributed by atoms with Crippen molar-refractivity contribution in [1.29, 1.82) is 0 Å². The number of halogens is 1. The molecule has 0 aliphatic carbocycles. The first-order chi connectivity index (χ1) is 11.5. The first-order valence-corrected chi connectivity index (χ1v) is 8.89. The van der Waals surface area contributed by atoms with E-state index in [4.69, 9.17) is 0 Å². The highest BCUT2D eigenvalue weighted by atomic mass is 127. The molecular weight excluding hydrogens is 423 g/mol. The fourth-order valence-corrected chi connectivity index (χ4v) is 3.71. The highest BCUT2D eigenvalue weighted by molar-refractivity contribution is 14.1. The van der Waals surface area contributed by atoms with Gasteiger partial charge >= 0.3 is 0 Å². The zero-order valence-electron chi connectivity index (χ0n) is 13.3. The Kier molecular flexibility index (Phi) is 5.04. The molecule has 0 amide bonds. The number of aliphatic hydroxyl groups excluding tert-OH is 1. The Hall–Kier alpha value is -1.68. The molecule has 2 aromatic rings. The molecule has 1 aromatic heterocycles. The maximum atomic E-state index is 11.3. The summed E-state index contributed by atoms with van der Waals surface area (Å²) >= 11 is 2.08. The van der Waals surface area contributed by atoms with Crippen molar-refractivity contribution in [3.63, 3.8) is 0 Å². The lowest BCUT2D eigenvalue weighted by atomic mass is 9.90. The molecule has 1 fully saturated rings. The molecule has 3 rings (SSSR count). The second-order valence-corrected chi connectivity index (χ2v) is 7.30. The van der Waals surface area contributed by atoms with Gasteiger partial charge in [0, 0.05) is 42.2 Å². The number of hydrogen-bond donors (Lipinski definition) is 1. The van der Waals surface area contributed by atoms with Crippen LogP contribution >= 0.6 is 22.6 Å². The van der Waals surface area contributed by atoms with Gasteiger partial charge in [0.15, 0.2) is 0 Å². The Morgan fingerprint density at radius 1 is 1.42 bits per heavy atom. The van der Waals surface area contributed by atoms with E-state index in [0.29, 0.717) is 24.6 Å². The second kappa shape index (κ2) is 7.06. The first kappa shape index (κ1) is 17.2. The molecule has 1 aliphatic rings.